The van der Waals surface area contributed by atoms with E-state index in [0.717, 1.165) is 6.54 Å². The second-order valence-corrected chi connectivity index (χ2v) is 3.75. The molecule has 0 amide bonds. The van der Waals surface area contributed by atoms with Crippen molar-refractivity contribution in [1.29, 1.82) is 0 Å². The van der Waals surface area contributed by atoms with Gasteiger partial charge in [0.25, 0.3) is 0 Å². The van der Waals surface area contributed by atoms with Gasteiger partial charge in [0.15, 0.2) is 0 Å². The van der Waals surface area contributed by atoms with E-state index in [2.05, 4.69) is 29.2 Å². The van der Waals surface area contributed by atoms with Gasteiger partial charge in [0.2, 0.25) is 0 Å². The molecule has 0 saturated carbocycles. The standard InChI is InChI=1S/C9H21N3.3ClH/c1-11(2)8-9-12-6-3-4-10-5-7-12;;;/h10H,3-9H2,1-2H3;3*1H. The zero-order chi connectivity index (χ0) is 8.81. The Labute approximate surface area is 112 Å². The van der Waals surface area contributed by atoms with Crippen molar-refractivity contribution >= 4 is 37.2 Å². The Balaban J connectivity index is -0.000000480. The Morgan fingerprint density at radius 2 is 1.73 bits per heavy atom. The first kappa shape index (κ1) is 21.1. The monoisotopic (exact) mass is 279 g/mol. The van der Waals surface area contributed by atoms with Gasteiger partial charge in [-0.15, -0.1) is 37.2 Å². The minimum atomic E-state index is 0. The Morgan fingerprint density at radius 1 is 1.07 bits per heavy atom. The van der Waals surface area contributed by atoms with Crippen molar-refractivity contribution in [3.8, 4) is 0 Å². The fourth-order valence-electron chi connectivity index (χ4n) is 1.47. The van der Waals surface area contributed by atoms with Gasteiger partial charge in [-0.05, 0) is 33.6 Å². The summed E-state index contributed by atoms with van der Waals surface area (Å²) in [6.45, 7) is 7.23. The van der Waals surface area contributed by atoms with Crippen molar-refractivity contribution in [3.63, 3.8) is 0 Å². The first-order valence-electron chi connectivity index (χ1n) is 4.87. The van der Waals surface area contributed by atoms with Crippen LogP contribution < -0.4 is 5.32 Å². The van der Waals surface area contributed by atoms with Crippen molar-refractivity contribution in [3.05, 3.63) is 0 Å². The molecule has 0 radical (unpaired) electrons. The Bertz CT molecular complexity index is 117. The summed E-state index contributed by atoms with van der Waals surface area (Å²) < 4.78 is 0. The molecule has 1 N–H and O–H groups in total. The summed E-state index contributed by atoms with van der Waals surface area (Å²) >= 11 is 0. The third-order valence-electron chi connectivity index (χ3n) is 2.30. The minimum Gasteiger partial charge on any atom is -0.315 e. The van der Waals surface area contributed by atoms with Crippen LogP contribution >= 0.6 is 37.2 Å². The van der Waals surface area contributed by atoms with E-state index in [4.69, 9.17) is 0 Å². The van der Waals surface area contributed by atoms with Gasteiger partial charge < -0.3 is 15.1 Å². The molecular weight excluding hydrogens is 256 g/mol. The van der Waals surface area contributed by atoms with Crippen molar-refractivity contribution in [2.75, 3.05) is 53.4 Å². The molecule has 1 saturated heterocycles. The van der Waals surface area contributed by atoms with E-state index in [9.17, 15) is 0 Å². The first-order chi connectivity index (χ1) is 5.79. The molecule has 6 heteroatoms. The summed E-state index contributed by atoms with van der Waals surface area (Å²) in [5.41, 5.74) is 0. The van der Waals surface area contributed by atoms with Gasteiger partial charge in [-0.3, -0.25) is 0 Å². The van der Waals surface area contributed by atoms with Crippen LogP contribution in [0.3, 0.4) is 0 Å². The average Bonchev–Trinajstić information content (AvgIpc) is 2.28. The zero-order valence-electron chi connectivity index (χ0n) is 9.57. The predicted molar refractivity (Wildman–Crippen MR) is 74.2 cm³/mol. The lowest BCUT2D eigenvalue weighted by Gasteiger charge is -2.21. The third-order valence-corrected chi connectivity index (χ3v) is 2.30. The number of hydrogen-bond donors (Lipinski definition) is 1. The van der Waals surface area contributed by atoms with Gasteiger partial charge in [-0.2, -0.15) is 0 Å². The largest absolute Gasteiger partial charge is 0.315 e. The van der Waals surface area contributed by atoms with Crippen LogP contribution in [0.1, 0.15) is 6.42 Å². The molecule has 1 aliphatic heterocycles. The number of rotatable bonds is 3. The van der Waals surface area contributed by atoms with E-state index in [1.54, 1.807) is 0 Å². The van der Waals surface area contributed by atoms with Gasteiger partial charge in [-0.25, -0.2) is 0 Å². The number of hydrogen-bond acceptors (Lipinski definition) is 3. The molecule has 0 aromatic carbocycles. The molecule has 0 aliphatic carbocycles. The predicted octanol–water partition coefficient (Wildman–Crippen LogP) is 1.11. The molecule has 0 aromatic rings. The quantitative estimate of drug-likeness (QED) is 0.835. The van der Waals surface area contributed by atoms with E-state index < -0.39 is 0 Å². The maximum atomic E-state index is 3.41. The number of nitrogens with zero attached hydrogens (tertiary/aromatic N) is 2. The van der Waals surface area contributed by atoms with E-state index in [1.807, 2.05) is 0 Å². The van der Waals surface area contributed by atoms with Crippen LogP contribution in [0.15, 0.2) is 0 Å². The van der Waals surface area contributed by atoms with Crippen LogP contribution in [0.25, 0.3) is 0 Å². The van der Waals surface area contributed by atoms with E-state index in [1.165, 1.54) is 39.1 Å². The summed E-state index contributed by atoms with van der Waals surface area (Å²) in [5, 5.41) is 3.41. The summed E-state index contributed by atoms with van der Waals surface area (Å²) in [5.74, 6) is 0. The minimum absolute atomic E-state index is 0. The molecule has 3 nitrogen and oxygen atoms in total. The molecule has 1 fully saturated rings. The van der Waals surface area contributed by atoms with Gasteiger partial charge in [0, 0.05) is 26.2 Å². The molecule has 1 rings (SSSR count). The molecular formula is C9H24Cl3N3. The van der Waals surface area contributed by atoms with Crippen LogP contribution in [-0.2, 0) is 0 Å². The lowest BCUT2D eigenvalue weighted by atomic mass is 10.4. The van der Waals surface area contributed by atoms with Crippen molar-refractivity contribution in [1.82, 2.24) is 15.1 Å². The molecule has 15 heavy (non-hydrogen) atoms. The molecule has 1 heterocycles. The summed E-state index contributed by atoms with van der Waals surface area (Å²) in [6.07, 6.45) is 1.30. The highest BCUT2D eigenvalue weighted by Gasteiger charge is 2.07. The molecule has 0 atom stereocenters. The highest BCUT2D eigenvalue weighted by molar-refractivity contribution is 5.86. The number of likely N-dealkylation sites (N-methyl/N-ethyl adjacent to an activating group) is 1. The molecule has 0 bridgehead atoms. The fourth-order valence-corrected chi connectivity index (χ4v) is 1.47. The highest BCUT2D eigenvalue weighted by Crippen LogP contribution is 1.94. The van der Waals surface area contributed by atoms with Gasteiger partial charge in [-0.1, -0.05) is 0 Å². The second-order valence-electron chi connectivity index (χ2n) is 3.75. The molecule has 1 aliphatic rings. The van der Waals surface area contributed by atoms with Crippen LogP contribution in [0.2, 0.25) is 0 Å². The Morgan fingerprint density at radius 3 is 2.33 bits per heavy atom. The molecule has 0 aromatic heterocycles. The smallest absolute Gasteiger partial charge is 0.0110 e. The highest BCUT2D eigenvalue weighted by atomic mass is 35.5. The van der Waals surface area contributed by atoms with Gasteiger partial charge >= 0.3 is 0 Å². The van der Waals surface area contributed by atoms with Crippen molar-refractivity contribution in [2.45, 2.75) is 6.42 Å². The van der Waals surface area contributed by atoms with Crippen molar-refractivity contribution in [2.24, 2.45) is 0 Å². The van der Waals surface area contributed by atoms with Crippen LogP contribution in [-0.4, -0.2) is 63.2 Å². The lowest BCUT2D eigenvalue weighted by Crippen LogP contribution is -2.34. The van der Waals surface area contributed by atoms with Crippen LogP contribution in [0, 0.1) is 0 Å². The van der Waals surface area contributed by atoms with E-state index >= 15 is 0 Å². The number of nitrogens with one attached hydrogen (secondary N) is 1. The van der Waals surface area contributed by atoms with E-state index in [0.29, 0.717) is 0 Å². The molecule has 96 valence electrons. The second kappa shape index (κ2) is 12.8. The van der Waals surface area contributed by atoms with Crippen molar-refractivity contribution < 1.29 is 0 Å². The Kier molecular flexibility index (Phi) is 18.0. The first-order valence-corrected chi connectivity index (χ1v) is 4.87. The molecule has 0 spiro atoms. The topological polar surface area (TPSA) is 18.5 Å². The van der Waals surface area contributed by atoms with Gasteiger partial charge in [0.05, 0.1) is 0 Å². The van der Waals surface area contributed by atoms with Crippen LogP contribution in [0.5, 0.6) is 0 Å². The lowest BCUT2D eigenvalue weighted by molar-refractivity contribution is 0.254. The number of halogens is 3. The third kappa shape index (κ3) is 11.0. The zero-order valence-corrected chi connectivity index (χ0v) is 12.0. The average molecular weight is 281 g/mol. The Hall–Kier alpha value is 0.750. The van der Waals surface area contributed by atoms with E-state index in [-0.39, 0.29) is 37.2 Å². The van der Waals surface area contributed by atoms with Gasteiger partial charge in [0.1, 0.15) is 0 Å². The normalized spacial score (nSPS) is 17.0. The fraction of sp³-hybridized carbons (Fsp3) is 1.00. The summed E-state index contributed by atoms with van der Waals surface area (Å²) in [4.78, 5) is 4.79. The molecule has 0 unspecified atom stereocenters. The summed E-state index contributed by atoms with van der Waals surface area (Å²) in [7, 11) is 4.27. The maximum absolute atomic E-state index is 3.41. The SMILES string of the molecule is CN(C)CCN1CCCNCC1.Cl.Cl.Cl. The maximum Gasteiger partial charge on any atom is 0.0110 e. The van der Waals surface area contributed by atoms with Crippen LogP contribution in [0.4, 0.5) is 0 Å². The summed E-state index contributed by atoms with van der Waals surface area (Å²) in [6, 6.07) is 0.